The first kappa shape index (κ1) is 8.54. The lowest BCUT2D eigenvalue weighted by Gasteiger charge is -2.11. The molecule has 13 heavy (non-hydrogen) atoms. The lowest BCUT2D eigenvalue weighted by atomic mass is 10.1. The maximum atomic E-state index is 5.35. The van der Waals surface area contributed by atoms with Crippen molar-refractivity contribution in [2.75, 3.05) is 7.11 Å². The number of aromatic nitrogens is 1. The molecule has 0 aromatic carbocycles. The molecule has 2 heteroatoms. The van der Waals surface area contributed by atoms with E-state index in [0.29, 0.717) is 5.92 Å². The number of aryl methyl sites for hydroxylation is 1. The molecule has 0 atom stereocenters. The monoisotopic (exact) mass is 177 g/mol. The van der Waals surface area contributed by atoms with Crippen LogP contribution in [0.3, 0.4) is 0 Å². The van der Waals surface area contributed by atoms with Crippen LogP contribution in [0.5, 0.6) is 5.75 Å². The molecule has 1 heterocycles. The molecule has 1 aliphatic rings. The van der Waals surface area contributed by atoms with Crippen LogP contribution in [0.2, 0.25) is 0 Å². The molecule has 0 N–H and O–H groups in total. The van der Waals surface area contributed by atoms with Gasteiger partial charge in [-0.15, -0.1) is 0 Å². The van der Waals surface area contributed by atoms with Gasteiger partial charge in [0.1, 0.15) is 5.75 Å². The zero-order valence-corrected chi connectivity index (χ0v) is 8.42. The minimum Gasteiger partial charge on any atom is -0.496 e. The van der Waals surface area contributed by atoms with Crippen LogP contribution in [-0.4, -0.2) is 12.1 Å². The highest BCUT2D eigenvalue weighted by Crippen LogP contribution is 2.42. The highest BCUT2D eigenvalue weighted by Gasteiger charge is 2.27. The van der Waals surface area contributed by atoms with Crippen molar-refractivity contribution in [2.24, 2.45) is 0 Å². The van der Waals surface area contributed by atoms with Gasteiger partial charge in [-0.1, -0.05) is 0 Å². The summed E-state index contributed by atoms with van der Waals surface area (Å²) in [5.74, 6) is 1.71. The second kappa shape index (κ2) is 3.02. The van der Waals surface area contributed by atoms with Crippen LogP contribution in [0.15, 0.2) is 6.20 Å². The quantitative estimate of drug-likeness (QED) is 0.692. The summed E-state index contributed by atoms with van der Waals surface area (Å²) in [5, 5.41) is 0. The number of methoxy groups -OCH3 is 1. The van der Waals surface area contributed by atoms with E-state index in [9.17, 15) is 0 Å². The summed E-state index contributed by atoms with van der Waals surface area (Å²) in [6, 6.07) is 0. The molecule has 0 spiro atoms. The first-order chi connectivity index (χ1) is 6.24. The fraction of sp³-hybridized carbons (Fsp3) is 0.545. The number of ether oxygens (including phenoxy) is 1. The third kappa shape index (κ3) is 1.41. The van der Waals surface area contributed by atoms with E-state index in [2.05, 4.69) is 11.9 Å². The Hall–Kier alpha value is -1.05. The van der Waals surface area contributed by atoms with Gasteiger partial charge in [-0.2, -0.15) is 0 Å². The number of pyridine rings is 1. The van der Waals surface area contributed by atoms with Crippen molar-refractivity contribution in [1.82, 2.24) is 4.98 Å². The Morgan fingerprint density at radius 1 is 1.38 bits per heavy atom. The Balaban J connectivity index is 2.47. The molecule has 1 aromatic heterocycles. The van der Waals surface area contributed by atoms with Crippen LogP contribution in [0.4, 0.5) is 0 Å². The molecule has 0 aliphatic heterocycles. The molecule has 0 saturated heterocycles. The van der Waals surface area contributed by atoms with Crippen molar-refractivity contribution in [2.45, 2.75) is 32.6 Å². The second-order valence-electron chi connectivity index (χ2n) is 3.76. The molecule has 0 amide bonds. The van der Waals surface area contributed by atoms with Crippen molar-refractivity contribution in [3.63, 3.8) is 0 Å². The molecule has 70 valence electrons. The maximum Gasteiger partial charge on any atom is 0.128 e. The fourth-order valence-electron chi connectivity index (χ4n) is 1.82. The molecule has 1 aromatic rings. The molecular formula is C11H15NO. The van der Waals surface area contributed by atoms with Gasteiger partial charge in [0.25, 0.3) is 0 Å². The molecule has 0 radical (unpaired) electrons. The van der Waals surface area contributed by atoms with Crippen LogP contribution < -0.4 is 4.74 Å². The van der Waals surface area contributed by atoms with Crippen molar-refractivity contribution in [3.05, 3.63) is 23.0 Å². The summed E-state index contributed by atoms with van der Waals surface area (Å²) in [6.07, 6.45) is 4.50. The Bertz CT molecular complexity index is 329. The average Bonchev–Trinajstić information content (AvgIpc) is 2.88. The van der Waals surface area contributed by atoms with Gasteiger partial charge in [-0.3, -0.25) is 4.98 Å². The van der Waals surface area contributed by atoms with Gasteiger partial charge in [-0.25, -0.2) is 0 Å². The van der Waals surface area contributed by atoms with Gasteiger partial charge in [0, 0.05) is 23.2 Å². The predicted octanol–water partition coefficient (Wildman–Crippen LogP) is 2.58. The minimum absolute atomic E-state index is 0.703. The van der Waals surface area contributed by atoms with Crippen LogP contribution in [-0.2, 0) is 0 Å². The van der Waals surface area contributed by atoms with E-state index >= 15 is 0 Å². The predicted molar refractivity (Wildman–Crippen MR) is 52.2 cm³/mol. The van der Waals surface area contributed by atoms with E-state index in [1.165, 1.54) is 24.1 Å². The molecule has 1 saturated carbocycles. The highest BCUT2D eigenvalue weighted by molar-refractivity contribution is 5.43. The van der Waals surface area contributed by atoms with Crippen LogP contribution in [0.1, 0.15) is 35.6 Å². The molecule has 1 aliphatic carbocycles. The summed E-state index contributed by atoms with van der Waals surface area (Å²) >= 11 is 0. The van der Waals surface area contributed by atoms with E-state index in [-0.39, 0.29) is 0 Å². The number of hydrogen-bond donors (Lipinski definition) is 0. The normalized spacial score (nSPS) is 15.9. The second-order valence-corrected chi connectivity index (χ2v) is 3.76. The van der Waals surface area contributed by atoms with Gasteiger partial charge in [-0.05, 0) is 26.7 Å². The SMILES string of the molecule is COc1c(C)cnc(C2CC2)c1C. The zero-order valence-electron chi connectivity index (χ0n) is 8.42. The van der Waals surface area contributed by atoms with Gasteiger partial charge in [0.15, 0.2) is 0 Å². The zero-order chi connectivity index (χ0) is 9.42. The lowest BCUT2D eigenvalue weighted by molar-refractivity contribution is 0.407. The summed E-state index contributed by atoms with van der Waals surface area (Å²) in [7, 11) is 1.73. The highest BCUT2D eigenvalue weighted by atomic mass is 16.5. The molecule has 0 bridgehead atoms. The molecular weight excluding hydrogens is 162 g/mol. The smallest absolute Gasteiger partial charge is 0.128 e. The molecule has 1 fully saturated rings. The summed E-state index contributed by atoms with van der Waals surface area (Å²) in [4.78, 5) is 4.47. The van der Waals surface area contributed by atoms with Crippen molar-refractivity contribution < 1.29 is 4.74 Å². The van der Waals surface area contributed by atoms with Gasteiger partial charge >= 0.3 is 0 Å². The van der Waals surface area contributed by atoms with Crippen LogP contribution in [0, 0.1) is 13.8 Å². The molecule has 0 unspecified atom stereocenters. The van der Waals surface area contributed by atoms with E-state index in [0.717, 1.165) is 11.3 Å². The van der Waals surface area contributed by atoms with E-state index in [4.69, 9.17) is 4.74 Å². The topological polar surface area (TPSA) is 22.1 Å². The number of rotatable bonds is 2. The third-order valence-corrected chi connectivity index (χ3v) is 2.65. The van der Waals surface area contributed by atoms with Gasteiger partial charge < -0.3 is 4.74 Å². The number of nitrogens with zero attached hydrogens (tertiary/aromatic N) is 1. The Kier molecular flexibility index (Phi) is 1.98. The first-order valence-electron chi connectivity index (χ1n) is 4.74. The lowest BCUT2D eigenvalue weighted by Crippen LogP contribution is -1.98. The summed E-state index contributed by atoms with van der Waals surface area (Å²) in [5.41, 5.74) is 3.59. The Labute approximate surface area is 78.9 Å². The largest absolute Gasteiger partial charge is 0.496 e. The summed E-state index contributed by atoms with van der Waals surface area (Å²) in [6.45, 7) is 4.14. The molecule has 2 rings (SSSR count). The van der Waals surface area contributed by atoms with Crippen molar-refractivity contribution in [1.29, 1.82) is 0 Å². The Morgan fingerprint density at radius 2 is 2.08 bits per heavy atom. The maximum absolute atomic E-state index is 5.35. The van der Waals surface area contributed by atoms with Crippen molar-refractivity contribution in [3.8, 4) is 5.75 Å². The van der Waals surface area contributed by atoms with Gasteiger partial charge in [0.2, 0.25) is 0 Å². The standard InChI is InChI=1S/C11H15NO/c1-7-6-12-10(9-4-5-9)8(2)11(7)13-3/h6,9H,4-5H2,1-3H3. The average molecular weight is 177 g/mol. The molecule has 2 nitrogen and oxygen atoms in total. The Morgan fingerprint density at radius 3 is 2.62 bits per heavy atom. The van der Waals surface area contributed by atoms with Gasteiger partial charge in [0.05, 0.1) is 12.8 Å². The summed E-state index contributed by atoms with van der Waals surface area (Å²) < 4.78 is 5.35. The van der Waals surface area contributed by atoms with E-state index in [1.54, 1.807) is 7.11 Å². The van der Waals surface area contributed by atoms with Crippen LogP contribution in [0.25, 0.3) is 0 Å². The van der Waals surface area contributed by atoms with E-state index in [1.807, 2.05) is 13.1 Å². The van der Waals surface area contributed by atoms with Crippen molar-refractivity contribution >= 4 is 0 Å². The first-order valence-corrected chi connectivity index (χ1v) is 4.74. The third-order valence-electron chi connectivity index (χ3n) is 2.65. The minimum atomic E-state index is 0.703. The number of hydrogen-bond acceptors (Lipinski definition) is 2. The van der Waals surface area contributed by atoms with E-state index < -0.39 is 0 Å². The fourth-order valence-corrected chi connectivity index (χ4v) is 1.82. The van der Waals surface area contributed by atoms with Crippen LogP contribution >= 0.6 is 0 Å².